The molecule has 3 rings (SSSR count). The molecule has 1 aromatic rings. The van der Waals surface area contributed by atoms with Gasteiger partial charge in [0, 0.05) is 36.8 Å². The molecular formula is C29H43N2O5+. The summed E-state index contributed by atoms with van der Waals surface area (Å²) in [5.41, 5.74) is 1.70. The molecule has 2 unspecified atom stereocenters. The maximum Gasteiger partial charge on any atom is 0.552 e. The van der Waals surface area contributed by atoms with Crippen molar-refractivity contribution in [3.05, 3.63) is 48.2 Å². The number of allylic oxidation sites excluding steroid dienone is 2. The highest BCUT2D eigenvalue weighted by Crippen LogP contribution is 2.31. The monoisotopic (exact) mass is 499 g/mol. The molecule has 0 bridgehead atoms. The van der Waals surface area contributed by atoms with Crippen LogP contribution in [0.3, 0.4) is 0 Å². The molecule has 0 saturated heterocycles. The van der Waals surface area contributed by atoms with Gasteiger partial charge in [-0.15, -0.1) is 4.58 Å². The molecule has 1 aliphatic carbocycles. The summed E-state index contributed by atoms with van der Waals surface area (Å²) in [4.78, 5) is 12.5. The van der Waals surface area contributed by atoms with Gasteiger partial charge in [-0.1, -0.05) is 32.1 Å². The van der Waals surface area contributed by atoms with Crippen LogP contribution < -0.4 is 10.1 Å². The van der Waals surface area contributed by atoms with E-state index in [1.807, 2.05) is 59.0 Å². The van der Waals surface area contributed by atoms with Crippen LogP contribution >= 0.6 is 0 Å². The van der Waals surface area contributed by atoms with Crippen LogP contribution in [-0.2, 0) is 9.53 Å². The SMILES string of the molecule is CC(C)(CO)CNC(=O)C1CC=C(c2ccc(OCC3C=C[N+](=C(O)OC(C)(C)C)CC3)cc2)CC1. The van der Waals surface area contributed by atoms with Gasteiger partial charge in [-0.05, 0) is 69.4 Å². The third-order valence-electron chi connectivity index (χ3n) is 6.56. The second-order valence-electron chi connectivity index (χ2n) is 11.7. The van der Waals surface area contributed by atoms with Crippen molar-refractivity contribution >= 4 is 17.6 Å². The van der Waals surface area contributed by atoms with Gasteiger partial charge in [0.05, 0.1) is 6.61 Å². The van der Waals surface area contributed by atoms with Gasteiger partial charge in [0.15, 0.2) is 12.7 Å². The molecule has 3 N–H and O–H groups in total. The summed E-state index contributed by atoms with van der Waals surface area (Å²) in [6, 6.07) is 8.17. The van der Waals surface area contributed by atoms with Crippen molar-refractivity contribution in [3.63, 3.8) is 0 Å². The van der Waals surface area contributed by atoms with Crippen LogP contribution in [0.2, 0.25) is 0 Å². The predicted octanol–water partition coefficient (Wildman–Crippen LogP) is 4.66. The number of carbonyl (C=O) groups is 1. The van der Waals surface area contributed by atoms with Gasteiger partial charge >= 0.3 is 6.08 Å². The molecule has 36 heavy (non-hydrogen) atoms. The number of ether oxygens (including phenoxy) is 2. The molecule has 198 valence electrons. The summed E-state index contributed by atoms with van der Waals surface area (Å²) >= 11 is 0. The first-order chi connectivity index (χ1) is 17.0. The average molecular weight is 500 g/mol. The van der Waals surface area contributed by atoms with E-state index in [2.05, 4.69) is 23.5 Å². The molecule has 1 aliphatic heterocycles. The fourth-order valence-corrected chi connectivity index (χ4v) is 4.16. The highest BCUT2D eigenvalue weighted by Gasteiger charge is 2.26. The van der Waals surface area contributed by atoms with Gasteiger partial charge in [0.2, 0.25) is 5.91 Å². The number of carbonyl (C=O) groups excluding carboxylic acids is 1. The van der Waals surface area contributed by atoms with Crippen LogP contribution in [0.15, 0.2) is 42.6 Å². The number of rotatable bonds is 8. The zero-order valence-electron chi connectivity index (χ0n) is 22.4. The van der Waals surface area contributed by atoms with Crippen LogP contribution in [0.1, 0.15) is 65.9 Å². The molecule has 0 spiro atoms. The van der Waals surface area contributed by atoms with Crippen LogP contribution in [0.4, 0.5) is 0 Å². The molecule has 0 aromatic heterocycles. The van der Waals surface area contributed by atoms with Crippen molar-refractivity contribution in [3.8, 4) is 5.75 Å². The predicted molar refractivity (Wildman–Crippen MR) is 142 cm³/mol. The first kappa shape index (κ1) is 27.8. The van der Waals surface area contributed by atoms with Crippen LogP contribution in [0.5, 0.6) is 5.75 Å². The van der Waals surface area contributed by atoms with E-state index in [4.69, 9.17) is 9.47 Å². The minimum Gasteiger partial charge on any atom is -0.493 e. The fraction of sp³-hybridized carbons (Fsp3) is 0.586. The average Bonchev–Trinajstić information content (AvgIpc) is 2.86. The van der Waals surface area contributed by atoms with Crippen LogP contribution in [-0.4, -0.2) is 58.7 Å². The Hall–Kier alpha value is -2.80. The van der Waals surface area contributed by atoms with E-state index in [1.165, 1.54) is 11.1 Å². The normalized spacial score (nSPS) is 22.0. The maximum atomic E-state index is 12.5. The lowest BCUT2D eigenvalue weighted by Crippen LogP contribution is -2.39. The van der Waals surface area contributed by atoms with Crippen molar-refractivity contribution in [2.75, 3.05) is 26.3 Å². The minimum atomic E-state index is -0.438. The van der Waals surface area contributed by atoms with Crippen molar-refractivity contribution in [1.82, 2.24) is 5.32 Å². The standard InChI is InChI=1S/C29H42N2O5/c1-28(2,3)36-27(34)31-16-14-21(15-17-31)18-35-25-12-10-23(11-13-25)22-6-8-24(9-7-22)26(33)30-19-29(4,5)20-32/h6,10-14,16,21,24,32H,7-9,15,17-20H2,1-5H3,(H,30,33)/p+1. The minimum absolute atomic E-state index is 0.00939. The van der Waals surface area contributed by atoms with Crippen molar-refractivity contribution < 1.29 is 29.1 Å². The number of amides is 1. The van der Waals surface area contributed by atoms with E-state index in [0.717, 1.165) is 31.4 Å². The molecule has 2 aliphatic rings. The summed E-state index contributed by atoms with van der Waals surface area (Å²) in [5, 5.41) is 22.5. The third kappa shape index (κ3) is 8.40. The Labute approximate surface area is 215 Å². The molecule has 0 radical (unpaired) electrons. The maximum absolute atomic E-state index is 12.5. The van der Waals surface area contributed by atoms with Crippen molar-refractivity contribution in [1.29, 1.82) is 0 Å². The topological polar surface area (TPSA) is 91.0 Å². The largest absolute Gasteiger partial charge is 0.552 e. The van der Waals surface area contributed by atoms with E-state index < -0.39 is 5.60 Å². The fourth-order valence-electron chi connectivity index (χ4n) is 4.16. The Bertz CT molecular complexity index is 986. The molecular weight excluding hydrogens is 456 g/mol. The number of aliphatic hydroxyl groups excluding tert-OH is 2. The molecule has 0 fully saturated rings. The van der Waals surface area contributed by atoms with Crippen LogP contribution in [0.25, 0.3) is 5.57 Å². The summed E-state index contributed by atoms with van der Waals surface area (Å²) < 4.78 is 13.3. The van der Waals surface area contributed by atoms with Gasteiger partial charge in [0.1, 0.15) is 11.4 Å². The molecule has 1 aromatic carbocycles. The lowest BCUT2D eigenvalue weighted by atomic mass is 9.85. The number of nitrogens with zero attached hydrogens (tertiary/aromatic N) is 1. The first-order valence-corrected chi connectivity index (χ1v) is 13.0. The Morgan fingerprint density at radius 1 is 1.14 bits per heavy atom. The second kappa shape index (κ2) is 12.0. The Morgan fingerprint density at radius 2 is 1.86 bits per heavy atom. The Balaban J connectivity index is 1.47. The van der Waals surface area contributed by atoms with Gasteiger partial charge < -0.3 is 25.0 Å². The molecule has 0 saturated carbocycles. The Kier molecular flexibility index (Phi) is 9.23. The van der Waals surface area contributed by atoms with E-state index >= 15 is 0 Å². The summed E-state index contributed by atoms with van der Waals surface area (Å²) in [7, 11) is 0. The quantitative estimate of drug-likeness (QED) is 0.358. The van der Waals surface area contributed by atoms with Gasteiger partial charge in [-0.25, -0.2) is 0 Å². The Morgan fingerprint density at radius 3 is 2.42 bits per heavy atom. The van der Waals surface area contributed by atoms with E-state index in [0.29, 0.717) is 19.7 Å². The molecule has 7 nitrogen and oxygen atoms in total. The molecule has 1 heterocycles. The summed E-state index contributed by atoms with van der Waals surface area (Å²) in [6.45, 7) is 11.4. The smallest absolute Gasteiger partial charge is 0.493 e. The number of nitrogens with one attached hydrogen (secondary N) is 1. The van der Waals surface area contributed by atoms with E-state index in [9.17, 15) is 15.0 Å². The highest BCUT2D eigenvalue weighted by molar-refractivity contribution is 5.80. The van der Waals surface area contributed by atoms with Gasteiger partial charge in [-0.3, -0.25) is 4.79 Å². The molecule has 2 atom stereocenters. The number of aliphatic hydroxyl groups is 2. The first-order valence-electron chi connectivity index (χ1n) is 13.0. The number of hydrogen-bond donors (Lipinski definition) is 3. The van der Waals surface area contributed by atoms with E-state index in [1.54, 1.807) is 4.58 Å². The molecule has 7 heteroatoms. The lowest BCUT2D eigenvalue weighted by molar-refractivity contribution is -0.485. The molecule has 1 amide bonds. The summed E-state index contributed by atoms with van der Waals surface area (Å²) in [6.07, 6.45) is 9.31. The van der Waals surface area contributed by atoms with E-state index in [-0.39, 0.29) is 35.8 Å². The second-order valence-corrected chi connectivity index (χ2v) is 11.7. The van der Waals surface area contributed by atoms with Gasteiger partial charge in [0.25, 0.3) is 0 Å². The van der Waals surface area contributed by atoms with Crippen LogP contribution in [0, 0.1) is 17.3 Å². The number of benzene rings is 1. The third-order valence-corrected chi connectivity index (χ3v) is 6.56. The summed E-state index contributed by atoms with van der Waals surface area (Å²) in [5.74, 6) is 1.17. The zero-order valence-corrected chi connectivity index (χ0v) is 22.4. The zero-order chi connectivity index (χ0) is 26.3. The highest BCUT2D eigenvalue weighted by atomic mass is 16.6. The van der Waals surface area contributed by atoms with Crippen molar-refractivity contribution in [2.24, 2.45) is 17.3 Å². The lowest BCUT2D eigenvalue weighted by Gasteiger charge is -2.26. The number of hydrogen-bond acceptors (Lipinski definition) is 4. The van der Waals surface area contributed by atoms with Gasteiger partial charge in [-0.2, -0.15) is 0 Å². The van der Waals surface area contributed by atoms with Crippen molar-refractivity contribution in [2.45, 2.75) is 65.9 Å².